The average molecular weight is 311 g/mol. The molecule has 1 aliphatic rings. The van der Waals surface area contributed by atoms with Crippen molar-refractivity contribution >= 4 is 29.1 Å². The number of nitrogens with one attached hydrogen (secondary N) is 3. The summed E-state index contributed by atoms with van der Waals surface area (Å²) in [4.78, 5) is 31.5. The van der Waals surface area contributed by atoms with Gasteiger partial charge in [0.2, 0.25) is 11.9 Å². The first-order chi connectivity index (χ1) is 11.1. The Hall–Kier alpha value is -2.96. The van der Waals surface area contributed by atoms with Crippen LogP contribution < -0.4 is 16.0 Å². The van der Waals surface area contributed by atoms with E-state index < -0.39 is 0 Å². The van der Waals surface area contributed by atoms with Gasteiger partial charge in [-0.05, 0) is 43.2 Å². The van der Waals surface area contributed by atoms with Gasteiger partial charge in [-0.2, -0.15) is 0 Å². The molecule has 0 spiro atoms. The highest BCUT2D eigenvalue weighted by Crippen LogP contribution is 2.22. The molecular weight excluding hydrogens is 294 g/mol. The maximum Gasteiger partial charge on any atom is 0.274 e. The summed E-state index contributed by atoms with van der Waals surface area (Å²) in [5, 5.41) is 8.59. The number of hydrogen-bond acceptors (Lipinski definition) is 5. The van der Waals surface area contributed by atoms with Crippen molar-refractivity contribution in [2.24, 2.45) is 0 Å². The molecule has 3 rings (SSSR count). The van der Waals surface area contributed by atoms with Crippen LogP contribution in [0.15, 0.2) is 36.5 Å². The van der Waals surface area contributed by atoms with Crippen LogP contribution in [0.4, 0.5) is 17.3 Å². The van der Waals surface area contributed by atoms with Crippen molar-refractivity contribution in [2.75, 3.05) is 16.0 Å². The van der Waals surface area contributed by atoms with Gasteiger partial charge in [0.25, 0.3) is 5.91 Å². The second-order valence-electron chi connectivity index (χ2n) is 5.40. The second kappa shape index (κ2) is 6.43. The summed E-state index contributed by atoms with van der Waals surface area (Å²) < 4.78 is 0. The normalized spacial score (nSPS) is 13.3. The number of aromatic nitrogens is 2. The maximum atomic E-state index is 12.2. The lowest BCUT2D eigenvalue weighted by Gasteiger charge is -2.08. The predicted octanol–water partition coefficient (Wildman–Crippen LogP) is 2.26. The lowest BCUT2D eigenvalue weighted by Crippen LogP contribution is -2.15. The van der Waals surface area contributed by atoms with Gasteiger partial charge < -0.3 is 16.0 Å². The quantitative estimate of drug-likeness (QED) is 0.787. The molecule has 118 valence electrons. The molecule has 1 fully saturated rings. The summed E-state index contributed by atoms with van der Waals surface area (Å²) in [6, 6.07) is 8.86. The first kappa shape index (κ1) is 15.0. The molecule has 0 bridgehead atoms. The largest absolute Gasteiger partial charge is 0.351 e. The van der Waals surface area contributed by atoms with E-state index in [2.05, 4.69) is 25.9 Å². The van der Waals surface area contributed by atoms with Gasteiger partial charge in [0.15, 0.2) is 0 Å². The lowest BCUT2D eigenvalue weighted by atomic mass is 10.2. The van der Waals surface area contributed by atoms with E-state index in [4.69, 9.17) is 0 Å². The summed E-state index contributed by atoms with van der Waals surface area (Å²) in [6.07, 6.45) is 3.79. The van der Waals surface area contributed by atoms with Gasteiger partial charge in [-0.25, -0.2) is 9.97 Å². The van der Waals surface area contributed by atoms with Gasteiger partial charge >= 0.3 is 0 Å². The maximum absolute atomic E-state index is 12.2. The van der Waals surface area contributed by atoms with Gasteiger partial charge in [-0.3, -0.25) is 9.59 Å². The Morgan fingerprint density at radius 1 is 1.04 bits per heavy atom. The minimum atomic E-state index is -0.307. The number of hydrogen-bond donors (Lipinski definition) is 3. The van der Waals surface area contributed by atoms with Crippen LogP contribution in [0.5, 0.6) is 0 Å². The van der Waals surface area contributed by atoms with Crippen LogP contribution in [0.3, 0.4) is 0 Å². The molecule has 2 amide bonds. The molecule has 0 radical (unpaired) electrons. The first-order valence-corrected chi connectivity index (χ1v) is 7.39. The number of benzene rings is 1. The number of carbonyl (C=O) groups excluding carboxylic acids is 2. The standard InChI is InChI=1S/C16H17N5O2/c1-10(22)18-11-2-4-12(5-3-11)19-15(23)14-8-9-17-16(21-14)20-13-6-7-13/h2-5,8-9,13H,6-7H2,1H3,(H,18,22)(H,19,23)(H,17,20,21). The van der Waals surface area contributed by atoms with Crippen molar-refractivity contribution in [2.45, 2.75) is 25.8 Å². The van der Waals surface area contributed by atoms with E-state index in [1.165, 1.54) is 6.92 Å². The number of amides is 2. The first-order valence-electron chi connectivity index (χ1n) is 7.39. The van der Waals surface area contributed by atoms with Crippen molar-refractivity contribution in [1.29, 1.82) is 0 Å². The SMILES string of the molecule is CC(=O)Nc1ccc(NC(=O)c2ccnc(NC3CC3)n2)cc1. The molecule has 0 saturated heterocycles. The fraction of sp³-hybridized carbons (Fsp3) is 0.250. The van der Waals surface area contributed by atoms with Crippen LogP contribution in [-0.2, 0) is 4.79 Å². The Bertz CT molecular complexity index is 726. The Kier molecular flexibility index (Phi) is 4.18. The molecule has 1 heterocycles. The van der Waals surface area contributed by atoms with Gasteiger partial charge in [0.05, 0.1) is 0 Å². The number of nitrogens with zero attached hydrogens (tertiary/aromatic N) is 2. The number of carbonyl (C=O) groups is 2. The zero-order valence-corrected chi connectivity index (χ0v) is 12.7. The molecule has 1 aromatic carbocycles. The summed E-state index contributed by atoms with van der Waals surface area (Å²) in [5.41, 5.74) is 1.60. The third-order valence-electron chi connectivity index (χ3n) is 3.26. The van der Waals surface area contributed by atoms with Crippen molar-refractivity contribution in [3.63, 3.8) is 0 Å². The third kappa shape index (κ3) is 4.26. The van der Waals surface area contributed by atoms with E-state index in [1.54, 1.807) is 36.5 Å². The van der Waals surface area contributed by atoms with Gasteiger partial charge in [0.1, 0.15) is 5.69 Å². The monoisotopic (exact) mass is 311 g/mol. The smallest absolute Gasteiger partial charge is 0.274 e. The highest BCUT2D eigenvalue weighted by molar-refractivity contribution is 6.03. The third-order valence-corrected chi connectivity index (χ3v) is 3.26. The van der Waals surface area contributed by atoms with Crippen LogP contribution in [0, 0.1) is 0 Å². The Labute approximate surface area is 133 Å². The lowest BCUT2D eigenvalue weighted by molar-refractivity contribution is -0.114. The molecular formula is C16H17N5O2. The molecule has 0 atom stereocenters. The predicted molar refractivity (Wildman–Crippen MR) is 87.4 cm³/mol. The molecule has 7 heteroatoms. The summed E-state index contributed by atoms with van der Waals surface area (Å²) in [6.45, 7) is 1.44. The van der Waals surface area contributed by atoms with Crippen LogP contribution >= 0.6 is 0 Å². The molecule has 0 unspecified atom stereocenters. The molecule has 1 saturated carbocycles. The zero-order chi connectivity index (χ0) is 16.2. The second-order valence-corrected chi connectivity index (χ2v) is 5.40. The number of anilines is 3. The summed E-state index contributed by atoms with van der Waals surface area (Å²) in [5.74, 6) is 0.0261. The highest BCUT2D eigenvalue weighted by Gasteiger charge is 2.22. The fourth-order valence-corrected chi connectivity index (χ4v) is 2.00. The molecule has 1 aliphatic carbocycles. The van der Waals surface area contributed by atoms with Gasteiger partial charge in [-0.15, -0.1) is 0 Å². The molecule has 2 aromatic rings. The Morgan fingerprint density at radius 3 is 2.30 bits per heavy atom. The van der Waals surface area contributed by atoms with Crippen molar-refractivity contribution in [3.8, 4) is 0 Å². The van der Waals surface area contributed by atoms with Gasteiger partial charge in [-0.1, -0.05) is 0 Å². The minimum absolute atomic E-state index is 0.140. The average Bonchev–Trinajstić information content (AvgIpc) is 3.33. The van der Waals surface area contributed by atoms with E-state index in [-0.39, 0.29) is 11.8 Å². The summed E-state index contributed by atoms with van der Waals surface area (Å²) >= 11 is 0. The van der Waals surface area contributed by atoms with Crippen molar-refractivity contribution < 1.29 is 9.59 Å². The zero-order valence-electron chi connectivity index (χ0n) is 12.7. The van der Waals surface area contributed by atoms with Crippen molar-refractivity contribution in [3.05, 3.63) is 42.2 Å². The van der Waals surface area contributed by atoms with Crippen LogP contribution in [-0.4, -0.2) is 27.8 Å². The van der Waals surface area contributed by atoms with E-state index in [0.29, 0.717) is 29.1 Å². The molecule has 0 aliphatic heterocycles. The molecule has 23 heavy (non-hydrogen) atoms. The van der Waals surface area contributed by atoms with Crippen molar-refractivity contribution in [1.82, 2.24) is 9.97 Å². The molecule has 1 aromatic heterocycles. The number of rotatable bonds is 5. The molecule has 3 N–H and O–H groups in total. The van der Waals surface area contributed by atoms with Gasteiger partial charge in [0, 0.05) is 30.5 Å². The van der Waals surface area contributed by atoms with Crippen LogP contribution in [0.1, 0.15) is 30.3 Å². The highest BCUT2D eigenvalue weighted by atomic mass is 16.2. The summed E-state index contributed by atoms with van der Waals surface area (Å²) in [7, 11) is 0. The molecule has 7 nitrogen and oxygen atoms in total. The topological polar surface area (TPSA) is 96.0 Å². The minimum Gasteiger partial charge on any atom is -0.351 e. The van der Waals surface area contributed by atoms with E-state index in [1.807, 2.05) is 0 Å². The fourth-order valence-electron chi connectivity index (χ4n) is 2.00. The van der Waals surface area contributed by atoms with E-state index in [0.717, 1.165) is 12.8 Å². The van der Waals surface area contributed by atoms with Crippen LogP contribution in [0.25, 0.3) is 0 Å². The van der Waals surface area contributed by atoms with E-state index >= 15 is 0 Å². The van der Waals surface area contributed by atoms with Crippen LogP contribution in [0.2, 0.25) is 0 Å². The Morgan fingerprint density at radius 2 is 1.70 bits per heavy atom. The van der Waals surface area contributed by atoms with E-state index in [9.17, 15) is 9.59 Å². The Balaban J connectivity index is 1.65.